The second-order valence-corrected chi connectivity index (χ2v) is 15.6. The normalized spacial score (nSPS) is 13.8. The Morgan fingerprint density at radius 3 is 1.40 bits per heavy atom. The molecule has 7 aromatic rings. The number of allylic oxidation sites excluding steroid dienone is 2. The first-order valence-corrected chi connectivity index (χ1v) is 19.9. The van der Waals surface area contributed by atoms with Crippen molar-refractivity contribution in [3.05, 3.63) is 223 Å². The molecule has 3 heteroatoms. The van der Waals surface area contributed by atoms with Crippen LogP contribution in [-0.4, -0.2) is 5.71 Å². The standard InChI is InChI=1S/C48H38N2S.C2H6/c1-36(35-44(40-21-9-4-10-22-40)49-37(2)39-19-7-3-8-20-39)38-31-33-41(34-32-38)50-45-27-15-17-29-47(45)51(42-23-11-5-12-24-42,43-25-13-6-14-26-43)48-30-18-16-28-46(48)50;1-2/h3-35H,2H2,1H3;1-2H3/b36-35+,49-44?;. The maximum atomic E-state index is 5.03. The van der Waals surface area contributed by atoms with Gasteiger partial charge in [-0.05, 0) is 90.4 Å². The second-order valence-electron chi connectivity index (χ2n) is 12.6. The molecular weight excluding hydrogens is 661 g/mol. The monoisotopic (exact) mass is 704 g/mol. The van der Waals surface area contributed by atoms with Crippen molar-refractivity contribution < 1.29 is 0 Å². The van der Waals surface area contributed by atoms with Crippen LogP contribution in [0.2, 0.25) is 0 Å². The molecule has 0 saturated carbocycles. The molecule has 2 nitrogen and oxygen atoms in total. The van der Waals surface area contributed by atoms with Gasteiger partial charge in [0.1, 0.15) is 0 Å². The third kappa shape index (κ3) is 6.80. The van der Waals surface area contributed by atoms with Gasteiger partial charge in [-0.3, -0.25) is 0 Å². The van der Waals surface area contributed by atoms with Crippen molar-refractivity contribution in [1.82, 2.24) is 0 Å². The molecule has 0 atom stereocenters. The highest BCUT2D eigenvalue weighted by Crippen LogP contribution is 2.79. The fraction of sp³-hybridized carbons (Fsp3) is 0.0600. The van der Waals surface area contributed by atoms with Crippen LogP contribution in [0.1, 0.15) is 37.5 Å². The molecule has 0 aliphatic carbocycles. The van der Waals surface area contributed by atoms with E-state index in [1.165, 1.54) is 31.0 Å². The van der Waals surface area contributed by atoms with Crippen molar-refractivity contribution in [3.63, 3.8) is 0 Å². The quantitative estimate of drug-likeness (QED) is 0.144. The molecular formula is C50H44N2S. The fourth-order valence-corrected chi connectivity index (χ4v) is 11.2. The fourth-order valence-electron chi connectivity index (χ4n) is 7.01. The Hall–Kier alpha value is -6.16. The lowest BCUT2D eigenvalue weighted by atomic mass is 10.0. The van der Waals surface area contributed by atoms with Crippen LogP contribution in [0.15, 0.2) is 231 Å². The van der Waals surface area contributed by atoms with Crippen LogP contribution >= 0.6 is 10.0 Å². The van der Waals surface area contributed by atoms with Crippen LogP contribution in [0.25, 0.3) is 11.3 Å². The Bertz CT molecular complexity index is 2270. The molecule has 53 heavy (non-hydrogen) atoms. The van der Waals surface area contributed by atoms with Crippen molar-refractivity contribution in [2.75, 3.05) is 4.90 Å². The number of aliphatic imine (C=N–C) groups is 1. The van der Waals surface area contributed by atoms with Gasteiger partial charge < -0.3 is 4.90 Å². The summed E-state index contributed by atoms with van der Waals surface area (Å²) in [6.07, 6.45) is 2.17. The Morgan fingerprint density at radius 1 is 0.491 bits per heavy atom. The van der Waals surface area contributed by atoms with Crippen LogP contribution in [0.5, 0.6) is 0 Å². The topological polar surface area (TPSA) is 15.6 Å². The van der Waals surface area contributed by atoms with E-state index in [1.807, 2.05) is 62.4 Å². The molecule has 0 spiro atoms. The smallest absolute Gasteiger partial charge is 0.0712 e. The first-order valence-electron chi connectivity index (χ1n) is 18.2. The van der Waals surface area contributed by atoms with E-state index in [4.69, 9.17) is 4.99 Å². The molecule has 1 aliphatic heterocycles. The maximum absolute atomic E-state index is 5.03. The van der Waals surface area contributed by atoms with E-state index in [1.54, 1.807) is 0 Å². The van der Waals surface area contributed by atoms with Gasteiger partial charge in [0.05, 0.1) is 22.8 Å². The molecule has 0 radical (unpaired) electrons. The summed E-state index contributed by atoms with van der Waals surface area (Å²) in [6, 6.07) is 69.5. The van der Waals surface area contributed by atoms with Crippen molar-refractivity contribution in [3.8, 4) is 0 Å². The Balaban J connectivity index is 0.00000214. The minimum Gasteiger partial charge on any atom is -0.308 e. The summed E-state index contributed by atoms with van der Waals surface area (Å²) in [7, 11) is -1.78. The van der Waals surface area contributed by atoms with Gasteiger partial charge in [0.2, 0.25) is 0 Å². The van der Waals surface area contributed by atoms with Crippen LogP contribution in [0.4, 0.5) is 17.1 Å². The Labute approximate surface area is 316 Å². The summed E-state index contributed by atoms with van der Waals surface area (Å²) in [6.45, 7) is 10.5. The first kappa shape index (κ1) is 35.3. The van der Waals surface area contributed by atoms with Crippen LogP contribution in [-0.2, 0) is 0 Å². The van der Waals surface area contributed by atoms with Crippen molar-refractivity contribution in [2.24, 2.45) is 4.99 Å². The molecule has 1 heterocycles. The summed E-state index contributed by atoms with van der Waals surface area (Å²) < 4.78 is 0. The lowest BCUT2D eigenvalue weighted by Gasteiger charge is -2.49. The third-order valence-electron chi connectivity index (χ3n) is 9.43. The van der Waals surface area contributed by atoms with E-state index >= 15 is 0 Å². The first-order chi connectivity index (χ1) is 26.1. The molecule has 0 aromatic heterocycles. The summed E-state index contributed by atoms with van der Waals surface area (Å²) >= 11 is 0. The van der Waals surface area contributed by atoms with Crippen LogP contribution in [0.3, 0.4) is 0 Å². The molecule has 1 aliphatic rings. The summed E-state index contributed by atoms with van der Waals surface area (Å²) in [5.41, 5.74) is 9.47. The van der Waals surface area contributed by atoms with Gasteiger partial charge in [0.25, 0.3) is 0 Å². The number of fused-ring (bicyclic) bond motifs is 2. The van der Waals surface area contributed by atoms with E-state index in [-0.39, 0.29) is 0 Å². The van der Waals surface area contributed by atoms with E-state index in [0.29, 0.717) is 0 Å². The average molecular weight is 705 g/mol. The van der Waals surface area contributed by atoms with Crippen molar-refractivity contribution in [1.29, 1.82) is 0 Å². The van der Waals surface area contributed by atoms with E-state index < -0.39 is 10.0 Å². The number of hydrogen-bond acceptors (Lipinski definition) is 2. The molecule has 0 fully saturated rings. The molecule has 0 unspecified atom stereocenters. The van der Waals surface area contributed by atoms with Gasteiger partial charge >= 0.3 is 0 Å². The zero-order valence-corrected chi connectivity index (χ0v) is 31.4. The minimum atomic E-state index is -1.78. The number of anilines is 3. The van der Waals surface area contributed by atoms with Gasteiger partial charge in [-0.25, -0.2) is 4.99 Å². The van der Waals surface area contributed by atoms with Crippen LogP contribution in [0, 0.1) is 0 Å². The molecule has 7 aromatic carbocycles. The zero-order chi connectivity index (χ0) is 36.6. The molecule has 0 N–H and O–H groups in total. The predicted octanol–water partition coefficient (Wildman–Crippen LogP) is 14.4. The highest BCUT2D eigenvalue weighted by Gasteiger charge is 2.42. The number of rotatable bonds is 8. The highest BCUT2D eigenvalue weighted by molar-refractivity contribution is 8.34. The highest BCUT2D eigenvalue weighted by atomic mass is 32.3. The van der Waals surface area contributed by atoms with Crippen molar-refractivity contribution >= 4 is 44.1 Å². The van der Waals surface area contributed by atoms with Gasteiger partial charge in [-0.1, -0.05) is 154 Å². The van der Waals surface area contributed by atoms with Crippen LogP contribution < -0.4 is 4.90 Å². The number of para-hydroxylation sites is 2. The Morgan fingerprint density at radius 2 is 0.906 bits per heavy atom. The lowest BCUT2D eigenvalue weighted by Crippen LogP contribution is -2.21. The molecule has 0 amide bonds. The van der Waals surface area contributed by atoms with E-state index in [9.17, 15) is 0 Å². The minimum absolute atomic E-state index is 0.737. The van der Waals surface area contributed by atoms with E-state index in [0.717, 1.165) is 39.4 Å². The number of benzene rings is 7. The largest absolute Gasteiger partial charge is 0.308 e. The van der Waals surface area contributed by atoms with E-state index in [2.05, 4.69) is 170 Å². The third-order valence-corrected chi connectivity index (χ3v) is 13.4. The lowest BCUT2D eigenvalue weighted by molar-refractivity contribution is 1.12. The number of hydrogen-bond donors (Lipinski definition) is 0. The summed E-state index contributed by atoms with van der Waals surface area (Å²) in [5, 5.41) is 0. The number of nitrogens with zero attached hydrogens (tertiary/aromatic N) is 2. The molecule has 0 bridgehead atoms. The predicted molar refractivity (Wildman–Crippen MR) is 228 cm³/mol. The Kier molecular flexibility index (Phi) is 10.7. The summed E-state index contributed by atoms with van der Waals surface area (Å²) in [5.74, 6) is 0. The van der Waals surface area contributed by atoms with Gasteiger partial charge in [-0.2, -0.15) is 0 Å². The zero-order valence-electron chi connectivity index (χ0n) is 30.6. The molecule has 8 rings (SSSR count). The SMILES string of the molecule is C=C(N=C(/C=C(\C)c1ccc(N2c3ccccc3S(c3ccccc3)(c3ccccc3)c3ccccc32)cc1)c1ccccc1)c1ccccc1.CC. The summed E-state index contributed by atoms with van der Waals surface area (Å²) in [4.78, 5) is 12.8. The van der Waals surface area contributed by atoms with Crippen molar-refractivity contribution in [2.45, 2.75) is 40.4 Å². The average Bonchev–Trinajstić information content (AvgIpc) is 3.24. The molecule has 0 saturated heterocycles. The maximum Gasteiger partial charge on any atom is 0.0712 e. The van der Waals surface area contributed by atoms with Gasteiger partial charge in [-0.15, -0.1) is 10.0 Å². The van der Waals surface area contributed by atoms with Gasteiger partial charge in [0.15, 0.2) is 0 Å². The molecule has 260 valence electrons. The van der Waals surface area contributed by atoms with Gasteiger partial charge in [0, 0.05) is 30.8 Å². The second kappa shape index (κ2) is 16.0.